The molecule has 1 aromatic carbocycles. The molecule has 0 aromatic heterocycles. The van der Waals surface area contributed by atoms with Crippen LogP contribution in [0.3, 0.4) is 0 Å². The highest BCUT2D eigenvalue weighted by Gasteiger charge is 2.54. The second kappa shape index (κ2) is 9.35. The van der Waals surface area contributed by atoms with Crippen molar-refractivity contribution in [3.05, 3.63) is 23.8 Å². The van der Waals surface area contributed by atoms with Crippen molar-refractivity contribution in [3.63, 3.8) is 0 Å². The Morgan fingerprint density at radius 2 is 1.89 bits per heavy atom. The molecule has 0 spiro atoms. The first-order valence-corrected chi connectivity index (χ1v) is 14.2. The number of halogens is 2. The Balaban J connectivity index is 1.22. The number of phenolic OH excluding ortho intramolecular Hbond substituents is 1. The molecule has 3 saturated heterocycles. The van der Waals surface area contributed by atoms with Crippen LogP contribution in [-0.2, 0) is 4.79 Å². The van der Waals surface area contributed by atoms with E-state index >= 15 is 0 Å². The zero-order valence-electron chi connectivity index (χ0n) is 21.9. The first-order valence-electron chi connectivity index (χ1n) is 14.2. The van der Waals surface area contributed by atoms with Crippen LogP contribution >= 0.6 is 0 Å². The number of phenols is 1. The lowest BCUT2D eigenvalue weighted by molar-refractivity contribution is -0.145. The second-order valence-electron chi connectivity index (χ2n) is 12.3. The largest absolute Gasteiger partial charge is 0.506 e. The topological polar surface area (TPSA) is 93.9 Å². The summed E-state index contributed by atoms with van der Waals surface area (Å²) in [5, 5.41) is 16.1. The maximum Gasteiger partial charge on any atom is 0.260 e. The van der Waals surface area contributed by atoms with Crippen LogP contribution in [0.25, 0.3) is 0 Å². The molecule has 37 heavy (non-hydrogen) atoms. The highest BCUT2D eigenvalue weighted by molar-refractivity contribution is 5.81. The Bertz CT molecular complexity index is 1030. The number of amides is 1. The van der Waals surface area contributed by atoms with E-state index in [1.165, 1.54) is 18.4 Å². The van der Waals surface area contributed by atoms with Crippen LogP contribution in [0.4, 0.5) is 14.5 Å². The number of aromatic hydroxyl groups is 1. The van der Waals surface area contributed by atoms with E-state index in [9.17, 15) is 18.7 Å². The fourth-order valence-electron chi connectivity index (χ4n) is 7.82. The van der Waals surface area contributed by atoms with Gasteiger partial charge in [-0.2, -0.15) is 0 Å². The minimum atomic E-state index is -2.89. The molecule has 5 aliphatic rings. The normalized spacial score (nSPS) is 38.3. The molecule has 2 aliphatic carbocycles. The number of alkyl halides is 2. The fraction of sp³-hybridized carbons (Fsp3) is 0.750. The Morgan fingerprint density at radius 3 is 2.59 bits per heavy atom. The molecular weight excluding hydrogens is 476 g/mol. The number of hydrogen-bond acceptors (Lipinski definition) is 6. The lowest BCUT2D eigenvalue weighted by Crippen LogP contribution is -2.66. The molecule has 6 rings (SSSR count). The summed E-state index contributed by atoms with van der Waals surface area (Å²) in [5.74, 6) is -2.75. The standard InChI is InChI=1S/C28H41F2N5O2/c1-15-25(31)18(14-32-26(15)28(2,29)30)27(37)34-12-11-22-24-19(5-3-4-6-21(24)34)33-35(22)20-10-9-17(13-23(20)36)16-7-8-16/h9-10,13,15-16,18-19,21-22,24-26,32-33,36H,3-8,11-12,14,31H2,1-2H3. The monoisotopic (exact) mass is 517 g/mol. The van der Waals surface area contributed by atoms with Gasteiger partial charge in [0, 0.05) is 44.1 Å². The zero-order chi connectivity index (χ0) is 26.1. The summed E-state index contributed by atoms with van der Waals surface area (Å²) in [6.07, 6.45) is 7.30. The molecular formula is C28H41F2N5O2. The van der Waals surface area contributed by atoms with Crippen LogP contribution in [0.2, 0.25) is 0 Å². The van der Waals surface area contributed by atoms with Gasteiger partial charge in [-0.1, -0.05) is 25.8 Å². The number of hydrazine groups is 1. The van der Waals surface area contributed by atoms with E-state index in [1.807, 2.05) is 17.0 Å². The van der Waals surface area contributed by atoms with Gasteiger partial charge in [-0.3, -0.25) is 4.79 Å². The maximum absolute atomic E-state index is 14.1. The summed E-state index contributed by atoms with van der Waals surface area (Å²) < 4.78 is 28.2. The van der Waals surface area contributed by atoms with Gasteiger partial charge in [-0.25, -0.2) is 14.2 Å². The lowest BCUT2D eigenvalue weighted by Gasteiger charge is -2.48. The van der Waals surface area contributed by atoms with E-state index in [1.54, 1.807) is 6.92 Å². The van der Waals surface area contributed by atoms with Crippen molar-refractivity contribution in [1.29, 1.82) is 0 Å². The molecule has 204 valence electrons. The van der Waals surface area contributed by atoms with Gasteiger partial charge in [0.2, 0.25) is 5.91 Å². The van der Waals surface area contributed by atoms with Crippen LogP contribution < -0.4 is 21.5 Å². The summed E-state index contributed by atoms with van der Waals surface area (Å²) in [4.78, 5) is 16.0. The predicted octanol–water partition coefficient (Wildman–Crippen LogP) is 3.33. The molecule has 8 unspecified atom stereocenters. The predicted molar refractivity (Wildman–Crippen MR) is 138 cm³/mol. The number of likely N-dealkylation sites (tertiary alicyclic amines) is 1. The van der Waals surface area contributed by atoms with E-state index in [4.69, 9.17) is 5.73 Å². The highest BCUT2D eigenvalue weighted by atomic mass is 19.3. The number of anilines is 1. The van der Waals surface area contributed by atoms with Crippen LogP contribution in [0.5, 0.6) is 5.75 Å². The van der Waals surface area contributed by atoms with Crippen molar-refractivity contribution < 1.29 is 18.7 Å². The number of rotatable bonds is 4. The molecule has 0 bridgehead atoms. The average Bonchev–Trinajstić information content (AvgIpc) is 3.66. The minimum Gasteiger partial charge on any atom is -0.506 e. The van der Waals surface area contributed by atoms with E-state index in [2.05, 4.69) is 21.8 Å². The summed E-state index contributed by atoms with van der Waals surface area (Å²) in [5.41, 5.74) is 12.2. The van der Waals surface area contributed by atoms with Crippen LogP contribution in [0, 0.1) is 17.8 Å². The van der Waals surface area contributed by atoms with E-state index in [0.717, 1.165) is 44.7 Å². The first-order chi connectivity index (χ1) is 17.6. The van der Waals surface area contributed by atoms with E-state index < -0.39 is 29.8 Å². The summed E-state index contributed by atoms with van der Waals surface area (Å²) in [7, 11) is 0. The smallest absolute Gasteiger partial charge is 0.260 e. The number of nitrogens with zero attached hydrogens (tertiary/aromatic N) is 2. The molecule has 9 heteroatoms. The van der Waals surface area contributed by atoms with Crippen LogP contribution in [0.15, 0.2) is 18.2 Å². The number of nitrogens with two attached hydrogens (primary N) is 1. The third kappa shape index (κ3) is 4.40. The van der Waals surface area contributed by atoms with Gasteiger partial charge in [0.25, 0.3) is 5.92 Å². The van der Waals surface area contributed by atoms with Crippen molar-refractivity contribution in [3.8, 4) is 5.75 Å². The number of carbonyl (C=O) groups excluding carboxylic acids is 1. The van der Waals surface area contributed by atoms with Crippen molar-refractivity contribution in [2.45, 2.75) is 101 Å². The molecule has 1 aromatic rings. The molecule has 3 heterocycles. The van der Waals surface area contributed by atoms with Gasteiger partial charge in [-0.15, -0.1) is 0 Å². The Labute approximate surface area is 218 Å². The van der Waals surface area contributed by atoms with Gasteiger partial charge >= 0.3 is 0 Å². The Morgan fingerprint density at radius 1 is 1.14 bits per heavy atom. The molecule has 0 radical (unpaired) electrons. The fourth-order valence-corrected chi connectivity index (χ4v) is 7.82. The summed E-state index contributed by atoms with van der Waals surface area (Å²) in [6, 6.07) is 4.98. The molecule has 2 saturated carbocycles. The molecule has 3 aliphatic heterocycles. The van der Waals surface area contributed by atoms with E-state index in [-0.39, 0.29) is 36.5 Å². The molecule has 7 nitrogen and oxygen atoms in total. The van der Waals surface area contributed by atoms with Crippen molar-refractivity contribution >= 4 is 11.6 Å². The Hall–Kier alpha value is -1.97. The number of piperidine rings is 2. The average molecular weight is 518 g/mol. The van der Waals surface area contributed by atoms with Gasteiger partial charge < -0.3 is 26.1 Å². The lowest BCUT2D eigenvalue weighted by atomic mass is 9.76. The summed E-state index contributed by atoms with van der Waals surface area (Å²) in [6.45, 7) is 3.45. The number of hydrogen-bond donors (Lipinski definition) is 4. The molecule has 5 N–H and O–H groups in total. The van der Waals surface area contributed by atoms with E-state index in [0.29, 0.717) is 18.2 Å². The van der Waals surface area contributed by atoms with Gasteiger partial charge in [0.1, 0.15) is 5.75 Å². The number of carbonyl (C=O) groups is 1. The van der Waals surface area contributed by atoms with Crippen molar-refractivity contribution in [2.75, 3.05) is 18.1 Å². The maximum atomic E-state index is 14.1. The molecule has 1 amide bonds. The highest BCUT2D eigenvalue weighted by Crippen LogP contribution is 2.47. The number of benzene rings is 1. The van der Waals surface area contributed by atoms with Crippen LogP contribution in [0.1, 0.15) is 70.3 Å². The van der Waals surface area contributed by atoms with Crippen molar-refractivity contribution in [2.24, 2.45) is 23.5 Å². The summed E-state index contributed by atoms with van der Waals surface area (Å²) >= 11 is 0. The van der Waals surface area contributed by atoms with Crippen LogP contribution in [-0.4, -0.2) is 65.1 Å². The first kappa shape index (κ1) is 25.3. The Kier molecular flexibility index (Phi) is 6.39. The molecule has 5 fully saturated rings. The van der Waals surface area contributed by atoms with Gasteiger partial charge in [0.15, 0.2) is 0 Å². The second-order valence-corrected chi connectivity index (χ2v) is 12.3. The van der Waals surface area contributed by atoms with Gasteiger partial charge in [-0.05, 0) is 61.6 Å². The zero-order valence-corrected chi connectivity index (χ0v) is 21.9. The SMILES string of the molecule is CC1C(N)C(C(=O)N2CCC3C4C(CCCCC42)NN3c2ccc(C3CC3)cc2O)CNC1C(C)(F)F. The van der Waals surface area contributed by atoms with Gasteiger partial charge in [0.05, 0.1) is 23.7 Å². The number of nitrogens with one attached hydrogen (secondary N) is 2. The minimum absolute atomic E-state index is 0.00361. The third-order valence-electron chi connectivity index (χ3n) is 9.93. The van der Waals surface area contributed by atoms with Crippen molar-refractivity contribution in [1.82, 2.24) is 15.6 Å². The quantitative estimate of drug-likeness (QED) is 0.490. The third-order valence-corrected chi connectivity index (χ3v) is 9.93. The molecule has 8 atom stereocenters.